The van der Waals surface area contributed by atoms with E-state index in [1.807, 2.05) is 18.2 Å². The molecule has 0 fully saturated rings. The van der Waals surface area contributed by atoms with E-state index in [0.717, 1.165) is 28.8 Å². The maximum Gasteiger partial charge on any atom is 0.250 e. The maximum absolute atomic E-state index is 12.0. The van der Waals surface area contributed by atoms with E-state index in [-0.39, 0.29) is 5.91 Å². The number of anilines is 1. The van der Waals surface area contributed by atoms with E-state index in [4.69, 9.17) is 0 Å². The molecule has 5 nitrogen and oxygen atoms in total. The Balaban J connectivity index is 1.85. The van der Waals surface area contributed by atoms with Gasteiger partial charge in [-0.25, -0.2) is 4.98 Å². The molecule has 3 heterocycles. The summed E-state index contributed by atoms with van der Waals surface area (Å²) in [4.78, 5) is 18.0. The Morgan fingerprint density at radius 2 is 2.27 bits per heavy atom. The number of hydrogen-bond acceptors (Lipinski definition) is 3. The lowest BCUT2D eigenvalue weighted by Gasteiger charge is -2.15. The molecule has 0 saturated heterocycles. The lowest BCUT2D eigenvalue weighted by Crippen LogP contribution is -2.26. The van der Waals surface area contributed by atoms with E-state index in [0.29, 0.717) is 12.2 Å². The minimum atomic E-state index is -0.0629. The summed E-state index contributed by atoms with van der Waals surface area (Å²) in [6, 6.07) is 10.0. The number of H-pyrrole nitrogens is 1. The largest absolute Gasteiger partial charge is 0.308 e. The summed E-state index contributed by atoms with van der Waals surface area (Å²) >= 11 is 0. The van der Waals surface area contributed by atoms with Crippen LogP contribution < -0.4 is 4.90 Å². The van der Waals surface area contributed by atoms with Gasteiger partial charge in [0.25, 0.3) is 0 Å². The first-order chi connectivity index (χ1) is 10.8. The highest BCUT2D eigenvalue weighted by molar-refractivity contribution is 6.03. The zero-order chi connectivity index (χ0) is 15.1. The fraction of sp³-hybridized carbons (Fsp3) is 0.118. The lowest BCUT2D eigenvalue weighted by molar-refractivity contribution is -0.114. The number of fused-ring (bicyclic) bond motifs is 2. The molecule has 1 aliphatic heterocycles. The van der Waals surface area contributed by atoms with Crippen LogP contribution in [0.4, 0.5) is 5.69 Å². The van der Waals surface area contributed by atoms with Crippen LogP contribution in [0, 0.1) is 0 Å². The van der Waals surface area contributed by atoms with Crippen LogP contribution in [0.25, 0.3) is 22.3 Å². The first-order valence-corrected chi connectivity index (χ1v) is 7.14. The molecule has 1 amide bonds. The summed E-state index contributed by atoms with van der Waals surface area (Å²) in [5.74, 6) is -0.0629. The number of hydrogen-bond donors (Lipinski definition) is 1. The fourth-order valence-electron chi connectivity index (χ4n) is 2.94. The van der Waals surface area contributed by atoms with Crippen molar-refractivity contribution in [3.05, 3.63) is 54.7 Å². The average molecular weight is 290 g/mol. The van der Waals surface area contributed by atoms with Gasteiger partial charge in [-0.15, -0.1) is 0 Å². The molecule has 0 unspecified atom stereocenters. The summed E-state index contributed by atoms with van der Waals surface area (Å²) in [5.41, 5.74) is 4.74. The van der Waals surface area contributed by atoms with Gasteiger partial charge in [-0.1, -0.05) is 18.7 Å². The first kappa shape index (κ1) is 12.8. The number of nitrogens with zero attached hydrogens (tertiary/aromatic N) is 3. The summed E-state index contributed by atoms with van der Waals surface area (Å²) in [6.07, 6.45) is 3.96. The van der Waals surface area contributed by atoms with Crippen molar-refractivity contribution in [3.8, 4) is 11.3 Å². The third-order valence-electron chi connectivity index (χ3n) is 4.04. The molecule has 2 aromatic heterocycles. The zero-order valence-corrected chi connectivity index (χ0v) is 11.9. The molecule has 0 saturated carbocycles. The van der Waals surface area contributed by atoms with Gasteiger partial charge in [-0.2, -0.15) is 5.10 Å². The number of carbonyl (C=O) groups is 1. The van der Waals surface area contributed by atoms with Gasteiger partial charge in [-0.3, -0.25) is 9.89 Å². The summed E-state index contributed by atoms with van der Waals surface area (Å²) in [6.45, 7) is 4.28. The molecule has 3 aromatic rings. The number of aromatic nitrogens is 3. The van der Waals surface area contributed by atoms with Gasteiger partial charge in [0.1, 0.15) is 0 Å². The molecule has 1 N–H and O–H groups in total. The molecule has 1 aromatic carbocycles. The van der Waals surface area contributed by atoms with Gasteiger partial charge in [0.2, 0.25) is 5.91 Å². The van der Waals surface area contributed by atoms with Crippen LogP contribution in [0.3, 0.4) is 0 Å². The minimum absolute atomic E-state index is 0.0629. The lowest BCUT2D eigenvalue weighted by atomic mass is 10.0. The Kier molecular flexibility index (Phi) is 2.79. The van der Waals surface area contributed by atoms with E-state index >= 15 is 0 Å². The number of pyridine rings is 1. The summed E-state index contributed by atoms with van der Waals surface area (Å²) < 4.78 is 0. The number of benzene rings is 1. The third-order valence-corrected chi connectivity index (χ3v) is 4.04. The maximum atomic E-state index is 12.0. The molecule has 5 heteroatoms. The van der Waals surface area contributed by atoms with Crippen LogP contribution in [-0.2, 0) is 11.2 Å². The Morgan fingerprint density at radius 1 is 1.36 bits per heavy atom. The van der Waals surface area contributed by atoms with Gasteiger partial charge < -0.3 is 4.90 Å². The van der Waals surface area contributed by atoms with Crippen molar-refractivity contribution in [3.63, 3.8) is 0 Å². The highest BCUT2D eigenvalue weighted by Gasteiger charge is 2.23. The van der Waals surface area contributed by atoms with Crippen LogP contribution in [0.2, 0.25) is 0 Å². The van der Waals surface area contributed by atoms with E-state index in [9.17, 15) is 4.79 Å². The number of aromatic amines is 1. The van der Waals surface area contributed by atoms with Gasteiger partial charge in [0.05, 0.1) is 5.69 Å². The Morgan fingerprint density at radius 3 is 3.14 bits per heavy atom. The van der Waals surface area contributed by atoms with Crippen molar-refractivity contribution in [1.29, 1.82) is 0 Å². The second-order valence-corrected chi connectivity index (χ2v) is 5.26. The highest BCUT2D eigenvalue weighted by Crippen LogP contribution is 2.34. The molecule has 0 atom stereocenters. The van der Waals surface area contributed by atoms with Gasteiger partial charge >= 0.3 is 0 Å². The molecular formula is C17H14N4O. The molecule has 0 aliphatic carbocycles. The van der Waals surface area contributed by atoms with Crippen molar-refractivity contribution in [2.24, 2.45) is 0 Å². The molecule has 22 heavy (non-hydrogen) atoms. The zero-order valence-electron chi connectivity index (χ0n) is 11.9. The monoisotopic (exact) mass is 290 g/mol. The second-order valence-electron chi connectivity index (χ2n) is 5.26. The average Bonchev–Trinajstić information content (AvgIpc) is 3.17. The van der Waals surface area contributed by atoms with E-state index in [1.165, 1.54) is 11.6 Å². The standard InChI is InChI=1S/C17H14N4O/c1-2-15(22)21-9-7-11-5-6-12(10-14(11)21)16-13-4-3-8-18-17(13)20-19-16/h2-6,8,10H,1,7,9H2,(H,18,19,20). The number of amides is 1. The SMILES string of the molecule is C=CC(=O)N1CCc2ccc(-c3[nH]nc4ncccc34)cc21. The summed E-state index contributed by atoms with van der Waals surface area (Å²) in [5, 5.41) is 8.24. The molecular weight excluding hydrogens is 276 g/mol. The molecule has 0 radical (unpaired) electrons. The predicted molar refractivity (Wildman–Crippen MR) is 85.6 cm³/mol. The number of nitrogens with one attached hydrogen (secondary N) is 1. The van der Waals surface area contributed by atoms with Gasteiger partial charge in [0.15, 0.2) is 5.65 Å². The topological polar surface area (TPSA) is 61.9 Å². The van der Waals surface area contributed by atoms with Crippen LogP contribution in [0.15, 0.2) is 49.2 Å². The molecule has 0 bridgehead atoms. The van der Waals surface area contributed by atoms with E-state index in [2.05, 4.69) is 33.9 Å². The van der Waals surface area contributed by atoms with Crippen LogP contribution in [-0.4, -0.2) is 27.6 Å². The molecule has 4 rings (SSSR count). The third kappa shape index (κ3) is 1.83. The van der Waals surface area contributed by atoms with Crippen molar-refractivity contribution in [2.45, 2.75) is 6.42 Å². The fourth-order valence-corrected chi connectivity index (χ4v) is 2.94. The van der Waals surface area contributed by atoms with Crippen molar-refractivity contribution in [2.75, 3.05) is 11.4 Å². The van der Waals surface area contributed by atoms with E-state index in [1.54, 1.807) is 11.1 Å². The van der Waals surface area contributed by atoms with Crippen molar-refractivity contribution in [1.82, 2.24) is 15.2 Å². The van der Waals surface area contributed by atoms with Crippen molar-refractivity contribution >= 4 is 22.6 Å². The normalized spacial score (nSPS) is 13.4. The summed E-state index contributed by atoms with van der Waals surface area (Å²) in [7, 11) is 0. The van der Waals surface area contributed by atoms with Crippen LogP contribution >= 0.6 is 0 Å². The van der Waals surface area contributed by atoms with Gasteiger partial charge in [0, 0.05) is 29.4 Å². The van der Waals surface area contributed by atoms with Crippen LogP contribution in [0.5, 0.6) is 0 Å². The second kappa shape index (κ2) is 4.80. The van der Waals surface area contributed by atoms with Crippen LogP contribution in [0.1, 0.15) is 5.56 Å². The minimum Gasteiger partial charge on any atom is -0.308 e. The van der Waals surface area contributed by atoms with Crippen molar-refractivity contribution < 1.29 is 4.79 Å². The molecule has 0 spiro atoms. The highest BCUT2D eigenvalue weighted by atomic mass is 16.2. The molecule has 1 aliphatic rings. The number of carbonyl (C=O) groups excluding carboxylic acids is 1. The first-order valence-electron chi connectivity index (χ1n) is 7.14. The Labute approximate surface area is 127 Å². The predicted octanol–water partition coefficient (Wildman–Crippen LogP) is 2.70. The quantitative estimate of drug-likeness (QED) is 0.738. The Bertz CT molecular complexity index is 897. The number of rotatable bonds is 2. The van der Waals surface area contributed by atoms with Gasteiger partial charge in [-0.05, 0) is 36.3 Å². The molecule has 108 valence electrons. The smallest absolute Gasteiger partial charge is 0.250 e. The Hall–Kier alpha value is -2.95. The van der Waals surface area contributed by atoms with E-state index < -0.39 is 0 Å².